The van der Waals surface area contributed by atoms with Crippen molar-refractivity contribution in [3.63, 3.8) is 0 Å². The van der Waals surface area contributed by atoms with Crippen molar-refractivity contribution in [3.05, 3.63) is 5.56 Å². The number of ether oxygens (including phenoxy) is 3. The number of nitrogens with zero attached hydrogens (tertiary/aromatic N) is 1. The van der Waals surface area contributed by atoms with Crippen LogP contribution in [-0.4, -0.2) is 30.4 Å². The Morgan fingerprint density at radius 3 is 1.58 bits per heavy atom. The zero-order valence-electron chi connectivity index (χ0n) is 16.3. The first-order valence-electron chi connectivity index (χ1n) is 7.49. The molecule has 1 aromatic rings. The summed E-state index contributed by atoms with van der Waals surface area (Å²) in [4.78, 5) is 4.08. The first-order chi connectivity index (χ1) is 10.1. The number of rotatable bonds is 7. The second-order valence-corrected chi connectivity index (χ2v) is 5.92. The van der Waals surface area contributed by atoms with E-state index in [-0.39, 0.29) is 73.3 Å². The van der Waals surface area contributed by atoms with Crippen LogP contribution in [0.4, 0.5) is 0 Å². The van der Waals surface area contributed by atoms with E-state index < -0.39 is 7.12 Å². The Labute approximate surface area is 169 Å². The fourth-order valence-electron chi connectivity index (χ4n) is 1.85. The summed E-state index contributed by atoms with van der Waals surface area (Å²) >= 11 is 0. The molecule has 1 heterocycles. The number of aromatic nitrogens is 1. The van der Waals surface area contributed by atoms with Gasteiger partial charge in [0, 0.05) is 5.59 Å². The summed E-state index contributed by atoms with van der Waals surface area (Å²) in [5, 5.41) is 23.0. The van der Waals surface area contributed by atoms with E-state index in [0.717, 1.165) is 0 Å². The van der Waals surface area contributed by atoms with Crippen LogP contribution in [0, 0.1) is 6.92 Å². The SMILES string of the molecule is Cc1c(OC(C)C)nc(B([O-])[O-])c(OC(C)C)c1OC(C)C.[Li+].[Li+]. The third-order valence-electron chi connectivity index (χ3n) is 2.60. The van der Waals surface area contributed by atoms with Crippen LogP contribution in [0.5, 0.6) is 17.4 Å². The molecule has 0 atom stereocenters. The molecule has 0 aliphatic carbocycles. The molecule has 24 heavy (non-hydrogen) atoms. The summed E-state index contributed by atoms with van der Waals surface area (Å²) in [5.74, 6) is 0.696. The molecule has 0 aromatic carbocycles. The van der Waals surface area contributed by atoms with Crippen LogP contribution in [0.3, 0.4) is 0 Å². The Balaban J connectivity index is 0. The van der Waals surface area contributed by atoms with E-state index in [0.29, 0.717) is 11.3 Å². The van der Waals surface area contributed by atoms with E-state index in [9.17, 15) is 10.0 Å². The van der Waals surface area contributed by atoms with Crippen molar-refractivity contribution in [1.29, 1.82) is 0 Å². The van der Waals surface area contributed by atoms with Crippen LogP contribution in [0.25, 0.3) is 0 Å². The van der Waals surface area contributed by atoms with Gasteiger partial charge in [0.2, 0.25) is 5.88 Å². The maximum absolute atomic E-state index is 11.5. The zero-order chi connectivity index (χ0) is 17.0. The molecule has 1 aromatic heterocycles. The van der Waals surface area contributed by atoms with Crippen LogP contribution >= 0.6 is 0 Å². The second-order valence-electron chi connectivity index (χ2n) is 5.92. The molecule has 0 saturated carbocycles. The minimum Gasteiger partial charge on any atom is -0.888 e. The van der Waals surface area contributed by atoms with Gasteiger partial charge >= 0.3 is 37.7 Å². The molecule has 0 aliphatic heterocycles. The van der Waals surface area contributed by atoms with Gasteiger partial charge in [-0.2, -0.15) is 0 Å². The Hall–Kier alpha value is -0.270. The Morgan fingerprint density at radius 2 is 1.21 bits per heavy atom. The van der Waals surface area contributed by atoms with Gasteiger partial charge in [-0.15, -0.1) is 0 Å². The Kier molecular flexibility index (Phi) is 12.3. The molecule has 1 rings (SSSR count). The molecular formula is C15H24BLi2NO5. The molecule has 0 unspecified atom stereocenters. The standard InChI is InChI=1S/C15H24BNO5.2Li/c1-8(2)20-12-11(7)15(22-10(5)6)17-14(16(18)19)13(12)21-9(3)4;;/h8-10H,1-7H3;;/q-2;2*+1. The fraction of sp³-hybridized carbons (Fsp3) is 0.667. The molecule has 0 radical (unpaired) electrons. The van der Waals surface area contributed by atoms with Crippen molar-refractivity contribution in [2.45, 2.75) is 66.8 Å². The minimum absolute atomic E-state index is 0. The van der Waals surface area contributed by atoms with Gasteiger partial charge in [0.15, 0.2) is 11.5 Å². The molecular weight excluding hydrogens is 299 g/mol. The van der Waals surface area contributed by atoms with Gasteiger partial charge in [0.1, 0.15) is 0 Å². The van der Waals surface area contributed by atoms with Gasteiger partial charge < -0.3 is 24.3 Å². The largest absolute Gasteiger partial charge is 1.00 e. The number of hydrogen-bond donors (Lipinski definition) is 0. The molecule has 0 amide bonds. The quantitative estimate of drug-likeness (QED) is 0.465. The Morgan fingerprint density at radius 1 is 0.792 bits per heavy atom. The predicted octanol–water partition coefficient (Wildman–Crippen LogP) is -5.82. The van der Waals surface area contributed by atoms with Gasteiger partial charge in [0.05, 0.1) is 23.9 Å². The van der Waals surface area contributed by atoms with Crippen molar-refractivity contribution in [3.8, 4) is 17.4 Å². The van der Waals surface area contributed by atoms with Crippen molar-refractivity contribution in [2.75, 3.05) is 0 Å². The number of pyridine rings is 1. The van der Waals surface area contributed by atoms with Crippen molar-refractivity contribution in [1.82, 2.24) is 4.98 Å². The van der Waals surface area contributed by atoms with Crippen molar-refractivity contribution >= 4 is 12.7 Å². The van der Waals surface area contributed by atoms with E-state index in [1.807, 2.05) is 27.7 Å². The maximum atomic E-state index is 11.5. The molecule has 0 aliphatic rings. The summed E-state index contributed by atoms with van der Waals surface area (Å²) in [7, 11) is -2.28. The molecule has 0 saturated heterocycles. The number of hydrogen-bond acceptors (Lipinski definition) is 6. The molecule has 0 bridgehead atoms. The van der Waals surface area contributed by atoms with Crippen LogP contribution in [-0.2, 0) is 0 Å². The second kappa shape index (κ2) is 11.4. The van der Waals surface area contributed by atoms with Crippen LogP contribution in [0.15, 0.2) is 0 Å². The van der Waals surface area contributed by atoms with Crippen LogP contribution in [0.1, 0.15) is 47.1 Å². The third kappa shape index (κ3) is 7.31. The molecule has 0 fully saturated rings. The van der Waals surface area contributed by atoms with Gasteiger partial charge in [-0.3, -0.25) is 0 Å². The summed E-state index contributed by atoms with van der Waals surface area (Å²) in [5.41, 5.74) is 0.382. The fourth-order valence-corrected chi connectivity index (χ4v) is 1.85. The average Bonchev–Trinajstić information content (AvgIpc) is 2.35. The van der Waals surface area contributed by atoms with Crippen molar-refractivity contribution < 1.29 is 62.0 Å². The minimum atomic E-state index is -2.28. The Bertz CT molecular complexity index is 513. The zero-order valence-corrected chi connectivity index (χ0v) is 16.3. The first kappa shape index (κ1) is 26.0. The molecule has 9 heteroatoms. The molecule has 6 nitrogen and oxygen atoms in total. The van der Waals surface area contributed by atoms with Gasteiger partial charge in [-0.25, -0.2) is 4.98 Å². The van der Waals surface area contributed by atoms with Crippen LogP contribution < -0.4 is 67.6 Å². The van der Waals surface area contributed by atoms with Gasteiger partial charge in [-0.1, -0.05) is 0 Å². The topological polar surface area (TPSA) is 86.7 Å². The van der Waals surface area contributed by atoms with Crippen molar-refractivity contribution in [2.24, 2.45) is 0 Å². The smallest absolute Gasteiger partial charge is 0.888 e. The summed E-state index contributed by atoms with van der Waals surface area (Å²) < 4.78 is 17.0. The normalized spacial score (nSPS) is 10.3. The van der Waals surface area contributed by atoms with E-state index in [4.69, 9.17) is 14.2 Å². The first-order valence-corrected chi connectivity index (χ1v) is 7.49. The molecule has 124 valence electrons. The maximum Gasteiger partial charge on any atom is 1.00 e. The van der Waals surface area contributed by atoms with E-state index >= 15 is 0 Å². The molecule has 0 spiro atoms. The molecule has 0 N–H and O–H groups in total. The summed E-state index contributed by atoms with van der Waals surface area (Å²) in [6.45, 7) is 12.8. The van der Waals surface area contributed by atoms with Gasteiger partial charge in [-0.05, 0) is 55.6 Å². The van der Waals surface area contributed by atoms with E-state index in [1.54, 1.807) is 20.8 Å². The summed E-state index contributed by atoms with van der Waals surface area (Å²) in [6.07, 6.45) is -0.503. The third-order valence-corrected chi connectivity index (χ3v) is 2.60. The van der Waals surface area contributed by atoms with Crippen LogP contribution in [0.2, 0.25) is 0 Å². The van der Waals surface area contributed by atoms with E-state index in [2.05, 4.69) is 4.98 Å². The summed E-state index contributed by atoms with van der Waals surface area (Å²) in [6, 6.07) is 0. The monoisotopic (exact) mass is 323 g/mol. The van der Waals surface area contributed by atoms with Gasteiger partial charge in [0.25, 0.3) is 0 Å². The predicted molar refractivity (Wildman–Crippen MR) is 81.7 cm³/mol. The van der Waals surface area contributed by atoms with E-state index in [1.165, 1.54) is 0 Å². The average molecular weight is 323 g/mol.